The second-order valence-electron chi connectivity index (χ2n) is 8.23. The van der Waals surface area contributed by atoms with Crippen molar-refractivity contribution in [3.63, 3.8) is 0 Å². The van der Waals surface area contributed by atoms with E-state index in [1.807, 2.05) is 30.3 Å². The van der Waals surface area contributed by atoms with Gasteiger partial charge >= 0.3 is 5.97 Å². The maximum absolute atomic E-state index is 12.8. The number of carbonyl (C=O) groups is 3. The number of hydrogen-bond donors (Lipinski definition) is 2. The molecule has 2 amide bonds. The molecule has 12 heteroatoms. The summed E-state index contributed by atoms with van der Waals surface area (Å²) in [6, 6.07) is 20.7. The number of hydrogen-bond acceptors (Lipinski definition) is 8. The molecule has 10 nitrogen and oxygen atoms in total. The molecule has 0 spiro atoms. The average molecular weight is 580 g/mol. The second-order valence-corrected chi connectivity index (χ2v) is 9.58. The van der Waals surface area contributed by atoms with Crippen LogP contribution in [0.25, 0.3) is 5.69 Å². The lowest BCUT2D eigenvalue weighted by Crippen LogP contribution is -2.24. The number of para-hydroxylation sites is 1. The molecule has 1 heterocycles. The van der Waals surface area contributed by atoms with Crippen LogP contribution in [0.1, 0.15) is 33.5 Å². The molecule has 4 rings (SSSR count). The summed E-state index contributed by atoms with van der Waals surface area (Å²) in [7, 11) is 1.56. The van der Waals surface area contributed by atoms with Gasteiger partial charge in [0.05, 0.1) is 42.3 Å². The first kappa shape index (κ1) is 28.7. The van der Waals surface area contributed by atoms with Crippen molar-refractivity contribution in [1.82, 2.24) is 20.1 Å². The van der Waals surface area contributed by atoms with E-state index in [2.05, 4.69) is 20.8 Å². The van der Waals surface area contributed by atoms with Gasteiger partial charge in [0.1, 0.15) is 5.75 Å². The summed E-state index contributed by atoms with van der Waals surface area (Å²) in [5.74, 6) is -0.0122. The van der Waals surface area contributed by atoms with Gasteiger partial charge in [-0.1, -0.05) is 41.6 Å². The molecule has 1 aromatic heterocycles. The smallest absolute Gasteiger partial charge is 0.338 e. The monoisotopic (exact) mass is 579 g/mol. The van der Waals surface area contributed by atoms with Crippen molar-refractivity contribution >= 4 is 46.8 Å². The number of thioether (sulfide) groups is 1. The maximum Gasteiger partial charge on any atom is 0.338 e. The van der Waals surface area contributed by atoms with Gasteiger partial charge in [0.2, 0.25) is 5.91 Å². The third-order valence-corrected chi connectivity index (χ3v) is 6.82. The molecule has 0 aliphatic heterocycles. The van der Waals surface area contributed by atoms with Crippen LogP contribution in [0.5, 0.6) is 5.75 Å². The highest BCUT2D eigenvalue weighted by Gasteiger charge is 2.18. The highest BCUT2D eigenvalue weighted by atomic mass is 35.5. The molecule has 0 unspecified atom stereocenters. The zero-order valence-corrected chi connectivity index (χ0v) is 23.3. The number of ether oxygens (including phenoxy) is 2. The van der Waals surface area contributed by atoms with Crippen LogP contribution in [0.3, 0.4) is 0 Å². The Morgan fingerprint density at radius 2 is 1.70 bits per heavy atom. The summed E-state index contributed by atoms with van der Waals surface area (Å²) in [5, 5.41) is 14.9. The summed E-state index contributed by atoms with van der Waals surface area (Å²) in [4.78, 5) is 37.5. The lowest BCUT2D eigenvalue weighted by Gasteiger charge is -2.12. The Hall–Kier alpha value is -4.35. The zero-order chi connectivity index (χ0) is 28.5. The predicted octanol–water partition coefficient (Wildman–Crippen LogP) is 4.77. The minimum Gasteiger partial charge on any atom is -0.497 e. The summed E-state index contributed by atoms with van der Waals surface area (Å²) in [6.45, 7) is 2.05. The molecule has 4 aromatic rings. The van der Waals surface area contributed by atoms with Crippen LogP contribution in [0.4, 0.5) is 5.69 Å². The van der Waals surface area contributed by atoms with E-state index >= 15 is 0 Å². The lowest BCUT2D eigenvalue weighted by atomic mass is 10.2. The third-order valence-electron chi connectivity index (χ3n) is 5.56. The van der Waals surface area contributed by atoms with E-state index in [9.17, 15) is 14.4 Å². The number of nitrogens with one attached hydrogen (secondary N) is 2. The van der Waals surface area contributed by atoms with Gasteiger partial charge in [0, 0.05) is 11.3 Å². The second kappa shape index (κ2) is 13.6. The Morgan fingerprint density at radius 3 is 2.40 bits per heavy atom. The van der Waals surface area contributed by atoms with Crippen LogP contribution in [0.2, 0.25) is 5.02 Å². The third kappa shape index (κ3) is 7.19. The van der Waals surface area contributed by atoms with Gasteiger partial charge in [-0.3, -0.25) is 14.2 Å². The molecule has 0 aliphatic rings. The summed E-state index contributed by atoms with van der Waals surface area (Å²) >= 11 is 7.39. The number of esters is 1. The predicted molar refractivity (Wildman–Crippen MR) is 152 cm³/mol. The highest BCUT2D eigenvalue weighted by molar-refractivity contribution is 7.99. The van der Waals surface area contributed by atoms with Gasteiger partial charge in [-0.05, 0) is 61.5 Å². The van der Waals surface area contributed by atoms with Crippen molar-refractivity contribution in [3.05, 3.63) is 94.8 Å². The minimum atomic E-state index is -0.508. The van der Waals surface area contributed by atoms with Crippen LogP contribution in [-0.4, -0.2) is 52.0 Å². The molecule has 0 fully saturated rings. The topological polar surface area (TPSA) is 124 Å². The van der Waals surface area contributed by atoms with Gasteiger partial charge in [-0.25, -0.2) is 4.79 Å². The number of amides is 2. The lowest BCUT2D eigenvalue weighted by molar-refractivity contribution is -0.113. The molecule has 0 saturated carbocycles. The van der Waals surface area contributed by atoms with Crippen LogP contribution >= 0.6 is 23.4 Å². The van der Waals surface area contributed by atoms with Crippen molar-refractivity contribution in [1.29, 1.82) is 0 Å². The van der Waals surface area contributed by atoms with Crippen molar-refractivity contribution < 1.29 is 23.9 Å². The molecular weight excluding hydrogens is 554 g/mol. The number of nitrogens with zero attached hydrogens (tertiary/aromatic N) is 3. The molecule has 0 radical (unpaired) electrons. The van der Waals surface area contributed by atoms with E-state index in [0.29, 0.717) is 28.0 Å². The van der Waals surface area contributed by atoms with Crippen LogP contribution in [0, 0.1) is 0 Å². The van der Waals surface area contributed by atoms with Crippen LogP contribution < -0.4 is 15.4 Å². The standard InChI is InChI=1S/C28H26ClN5O5S/c1-3-39-27(37)19-11-14-22(29)23(15-19)31-25(35)17-40-28-33-32-24(34(28)20-7-5-4-6-8-20)16-30-26(36)18-9-12-21(38-2)13-10-18/h4-15H,3,16-17H2,1-2H3,(H,30,36)(H,31,35). The van der Waals surface area contributed by atoms with Crippen molar-refractivity contribution in [3.8, 4) is 11.4 Å². The first-order valence-corrected chi connectivity index (χ1v) is 13.6. The number of aromatic nitrogens is 3. The highest BCUT2D eigenvalue weighted by Crippen LogP contribution is 2.26. The number of carbonyl (C=O) groups excluding carboxylic acids is 3. The van der Waals surface area contributed by atoms with Crippen molar-refractivity contribution in [2.24, 2.45) is 0 Å². The fourth-order valence-corrected chi connectivity index (χ4v) is 4.56. The molecule has 206 valence electrons. The van der Waals surface area contributed by atoms with E-state index in [-0.39, 0.29) is 41.3 Å². The van der Waals surface area contributed by atoms with Crippen molar-refractivity contribution in [2.75, 3.05) is 24.8 Å². The summed E-state index contributed by atoms with van der Waals surface area (Å²) in [5.41, 5.74) is 1.82. The molecular formula is C28H26ClN5O5S. The first-order chi connectivity index (χ1) is 19.4. The Bertz CT molecular complexity index is 1490. The van der Waals surface area contributed by atoms with E-state index in [1.165, 1.54) is 30.0 Å². The fraction of sp³-hybridized carbons (Fsp3) is 0.179. The number of methoxy groups -OCH3 is 1. The number of halogens is 1. The van der Waals surface area contributed by atoms with Crippen LogP contribution in [0.15, 0.2) is 78.0 Å². The average Bonchev–Trinajstić information content (AvgIpc) is 3.39. The molecule has 40 heavy (non-hydrogen) atoms. The first-order valence-electron chi connectivity index (χ1n) is 12.2. The quantitative estimate of drug-likeness (QED) is 0.192. The molecule has 3 aromatic carbocycles. The SMILES string of the molecule is CCOC(=O)c1ccc(Cl)c(NC(=O)CSc2nnc(CNC(=O)c3ccc(OC)cc3)n2-c2ccccc2)c1. The molecule has 0 bridgehead atoms. The summed E-state index contributed by atoms with van der Waals surface area (Å²) < 4.78 is 11.9. The van der Waals surface area contributed by atoms with E-state index in [0.717, 1.165) is 5.69 Å². The van der Waals surface area contributed by atoms with Crippen LogP contribution in [-0.2, 0) is 16.1 Å². The van der Waals surface area contributed by atoms with Gasteiger partial charge in [0.15, 0.2) is 11.0 Å². The van der Waals surface area contributed by atoms with E-state index < -0.39 is 5.97 Å². The van der Waals surface area contributed by atoms with Gasteiger partial charge in [-0.15, -0.1) is 10.2 Å². The number of anilines is 1. The Labute approximate surface area is 240 Å². The normalized spacial score (nSPS) is 10.6. The maximum atomic E-state index is 12.8. The molecule has 0 atom stereocenters. The Morgan fingerprint density at radius 1 is 0.975 bits per heavy atom. The number of rotatable bonds is 11. The molecule has 0 aliphatic carbocycles. The minimum absolute atomic E-state index is 0.0108. The Kier molecular flexibility index (Phi) is 9.76. The summed E-state index contributed by atoms with van der Waals surface area (Å²) in [6.07, 6.45) is 0. The fourth-order valence-electron chi connectivity index (χ4n) is 3.63. The van der Waals surface area contributed by atoms with Crippen molar-refractivity contribution in [2.45, 2.75) is 18.6 Å². The van der Waals surface area contributed by atoms with Gasteiger partial charge in [0.25, 0.3) is 5.91 Å². The van der Waals surface area contributed by atoms with Gasteiger partial charge < -0.3 is 20.1 Å². The largest absolute Gasteiger partial charge is 0.497 e. The van der Waals surface area contributed by atoms with Gasteiger partial charge in [-0.2, -0.15) is 0 Å². The van der Waals surface area contributed by atoms with E-state index in [4.69, 9.17) is 21.1 Å². The molecule has 0 saturated heterocycles. The zero-order valence-electron chi connectivity index (χ0n) is 21.7. The Balaban J connectivity index is 1.46. The number of benzene rings is 3. The van der Waals surface area contributed by atoms with E-state index in [1.54, 1.807) is 42.9 Å². The molecule has 2 N–H and O–H groups in total.